The predicted octanol–water partition coefficient (Wildman–Crippen LogP) is -0.439. The first-order valence-corrected chi connectivity index (χ1v) is 6.82. The first-order chi connectivity index (χ1) is 9.66. The van der Waals surface area contributed by atoms with Gasteiger partial charge < -0.3 is 15.5 Å². The minimum atomic E-state index is -0.399. The van der Waals surface area contributed by atoms with Gasteiger partial charge in [-0.25, -0.2) is 0 Å². The Morgan fingerprint density at radius 2 is 2.40 bits per heavy atom. The highest BCUT2D eigenvalue weighted by molar-refractivity contribution is 5.88. The van der Waals surface area contributed by atoms with E-state index in [1.165, 1.54) is 0 Å². The van der Waals surface area contributed by atoms with Crippen LogP contribution in [0.5, 0.6) is 0 Å². The Kier molecular flexibility index (Phi) is 5.06. The van der Waals surface area contributed by atoms with E-state index < -0.39 is 6.04 Å². The van der Waals surface area contributed by atoms with Gasteiger partial charge in [0.15, 0.2) is 0 Å². The summed E-state index contributed by atoms with van der Waals surface area (Å²) < 4.78 is 0. The van der Waals surface area contributed by atoms with E-state index in [1.807, 2.05) is 18.2 Å². The van der Waals surface area contributed by atoms with Crippen molar-refractivity contribution in [3.63, 3.8) is 0 Å². The lowest BCUT2D eigenvalue weighted by Gasteiger charge is -2.29. The minimum absolute atomic E-state index is 0.0175. The van der Waals surface area contributed by atoms with E-state index in [0.29, 0.717) is 19.5 Å². The second kappa shape index (κ2) is 7.00. The number of pyridine rings is 1. The van der Waals surface area contributed by atoms with Crippen LogP contribution in [0.4, 0.5) is 0 Å². The number of carbonyl (C=O) groups is 2. The average molecular weight is 276 g/mol. The molecule has 1 aromatic rings. The van der Waals surface area contributed by atoms with E-state index in [-0.39, 0.29) is 18.2 Å². The molecular weight excluding hydrogens is 256 g/mol. The standard InChI is InChI=1S/C14H20N4O2/c1-18-9-8-16-12(14(18)20)10-13(19)17-7-5-11-4-2-3-6-15-11/h2-4,6,12,16H,5,7-10H2,1H3,(H,17,19). The molecule has 1 fully saturated rings. The maximum Gasteiger partial charge on any atom is 0.240 e. The molecule has 1 aliphatic rings. The minimum Gasteiger partial charge on any atom is -0.356 e. The Balaban J connectivity index is 1.71. The number of rotatable bonds is 5. The second-order valence-corrected chi connectivity index (χ2v) is 4.89. The highest BCUT2D eigenvalue weighted by atomic mass is 16.2. The van der Waals surface area contributed by atoms with E-state index in [1.54, 1.807) is 18.1 Å². The van der Waals surface area contributed by atoms with E-state index in [2.05, 4.69) is 15.6 Å². The molecule has 2 amide bonds. The third-order valence-corrected chi connectivity index (χ3v) is 3.33. The first-order valence-electron chi connectivity index (χ1n) is 6.82. The monoisotopic (exact) mass is 276 g/mol. The van der Waals surface area contributed by atoms with Gasteiger partial charge in [-0.3, -0.25) is 14.6 Å². The molecule has 6 heteroatoms. The van der Waals surface area contributed by atoms with Crippen molar-refractivity contribution < 1.29 is 9.59 Å². The molecule has 1 atom stereocenters. The number of aromatic nitrogens is 1. The fourth-order valence-corrected chi connectivity index (χ4v) is 2.16. The van der Waals surface area contributed by atoms with Crippen molar-refractivity contribution in [2.75, 3.05) is 26.7 Å². The highest BCUT2D eigenvalue weighted by Gasteiger charge is 2.27. The zero-order valence-electron chi connectivity index (χ0n) is 11.6. The van der Waals surface area contributed by atoms with Gasteiger partial charge in [-0.05, 0) is 12.1 Å². The van der Waals surface area contributed by atoms with Gasteiger partial charge in [0.25, 0.3) is 0 Å². The molecule has 1 aromatic heterocycles. The molecule has 0 bridgehead atoms. The van der Waals surface area contributed by atoms with Crippen LogP contribution in [0, 0.1) is 0 Å². The number of nitrogens with one attached hydrogen (secondary N) is 2. The fourth-order valence-electron chi connectivity index (χ4n) is 2.16. The van der Waals surface area contributed by atoms with Gasteiger partial charge in [-0.15, -0.1) is 0 Å². The van der Waals surface area contributed by atoms with Gasteiger partial charge in [0, 0.05) is 45.0 Å². The molecule has 2 N–H and O–H groups in total. The smallest absolute Gasteiger partial charge is 0.240 e. The molecular formula is C14H20N4O2. The summed E-state index contributed by atoms with van der Waals surface area (Å²) in [5.41, 5.74) is 0.944. The molecule has 1 unspecified atom stereocenters. The average Bonchev–Trinajstić information content (AvgIpc) is 2.45. The van der Waals surface area contributed by atoms with Gasteiger partial charge in [-0.2, -0.15) is 0 Å². The van der Waals surface area contributed by atoms with Crippen molar-refractivity contribution in [2.45, 2.75) is 18.9 Å². The van der Waals surface area contributed by atoms with Crippen molar-refractivity contribution in [3.05, 3.63) is 30.1 Å². The second-order valence-electron chi connectivity index (χ2n) is 4.89. The van der Waals surface area contributed by atoms with Gasteiger partial charge in [-0.1, -0.05) is 6.07 Å². The SMILES string of the molecule is CN1CCNC(CC(=O)NCCc2ccccn2)C1=O. The van der Waals surface area contributed by atoms with Crippen LogP contribution < -0.4 is 10.6 Å². The van der Waals surface area contributed by atoms with E-state index >= 15 is 0 Å². The number of amides is 2. The lowest BCUT2D eigenvalue weighted by molar-refractivity contribution is -0.136. The molecule has 0 saturated carbocycles. The van der Waals surface area contributed by atoms with E-state index in [4.69, 9.17) is 0 Å². The first kappa shape index (κ1) is 14.5. The van der Waals surface area contributed by atoms with E-state index in [0.717, 1.165) is 12.2 Å². The predicted molar refractivity (Wildman–Crippen MR) is 75.0 cm³/mol. The fraction of sp³-hybridized carbons (Fsp3) is 0.500. The quantitative estimate of drug-likeness (QED) is 0.764. The van der Waals surface area contributed by atoms with Crippen LogP contribution in [0.3, 0.4) is 0 Å². The number of hydrogen-bond acceptors (Lipinski definition) is 4. The zero-order chi connectivity index (χ0) is 14.4. The molecule has 0 aliphatic carbocycles. The topological polar surface area (TPSA) is 74.3 Å². The molecule has 0 aromatic carbocycles. The van der Waals surface area contributed by atoms with Gasteiger partial charge in [0.1, 0.15) is 0 Å². The molecule has 20 heavy (non-hydrogen) atoms. The number of piperazine rings is 1. The summed E-state index contributed by atoms with van der Waals surface area (Å²) in [4.78, 5) is 29.5. The van der Waals surface area contributed by atoms with Crippen LogP contribution in [-0.2, 0) is 16.0 Å². The van der Waals surface area contributed by atoms with Crippen molar-refractivity contribution in [1.29, 1.82) is 0 Å². The largest absolute Gasteiger partial charge is 0.356 e. The van der Waals surface area contributed by atoms with Crippen molar-refractivity contribution in [1.82, 2.24) is 20.5 Å². The number of hydrogen-bond donors (Lipinski definition) is 2. The Bertz CT molecular complexity index is 464. The summed E-state index contributed by atoms with van der Waals surface area (Å²) in [5, 5.41) is 5.90. The summed E-state index contributed by atoms with van der Waals surface area (Å²) >= 11 is 0. The van der Waals surface area contributed by atoms with Gasteiger partial charge in [0.05, 0.1) is 12.5 Å². The molecule has 2 rings (SSSR count). The van der Waals surface area contributed by atoms with Crippen LogP contribution in [-0.4, -0.2) is 54.4 Å². The molecule has 0 spiro atoms. The zero-order valence-corrected chi connectivity index (χ0v) is 11.6. The number of carbonyl (C=O) groups excluding carboxylic acids is 2. The number of likely N-dealkylation sites (N-methyl/N-ethyl adjacent to an activating group) is 1. The van der Waals surface area contributed by atoms with E-state index in [9.17, 15) is 9.59 Å². The summed E-state index contributed by atoms with van der Waals surface area (Å²) in [6, 6.07) is 5.31. The normalized spacial score (nSPS) is 18.9. The Morgan fingerprint density at radius 3 is 3.15 bits per heavy atom. The highest BCUT2D eigenvalue weighted by Crippen LogP contribution is 2.02. The Hall–Kier alpha value is -1.95. The van der Waals surface area contributed by atoms with Crippen LogP contribution in [0.1, 0.15) is 12.1 Å². The van der Waals surface area contributed by atoms with Crippen LogP contribution in [0.25, 0.3) is 0 Å². The third-order valence-electron chi connectivity index (χ3n) is 3.33. The summed E-state index contributed by atoms with van der Waals surface area (Å²) in [6.45, 7) is 1.96. The Morgan fingerprint density at radius 1 is 1.55 bits per heavy atom. The summed E-state index contributed by atoms with van der Waals surface area (Å²) in [7, 11) is 1.76. The van der Waals surface area contributed by atoms with Gasteiger partial charge in [0.2, 0.25) is 11.8 Å². The van der Waals surface area contributed by atoms with Gasteiger partial charge >= 0.3 is 0 Å². The molecule has 108 valence electrons. The van der Waals surface area contributed by atoms with Crippen molar-refractivity contribution in [3.8, 4) is 0 Å². The maximum absolute atomic E-state index is 11.8. The lowest BCUT2D eigenvalue weighted by atomic mass is 10.1. The van der Waals surface area contributed by atoms with Crippen LogP contribution in [0.15, 0.2) is 24.4 Å². The van der Waals surface area contributed by atoms with Crippen molar-refractivity contribution >= 4 is 11.8 Å². The lowest BCUT2D eigenvalue weighted by Crippen LogP contribution is -2.54. The van der Waals surface area contributed by atoms with Crippen LogP contribution >= 0.6 is 0 Å². The third kappa shape index (κ3) is 4.03. The molecule has 0 radical (unpaired) electrons. The molecule has 2 heterocycles. The Labute approximate surface area is 118 Å². The molecule has 6 nitrogen and oxygen atoms in total. The molecule has 1 saturated heterocycles. The van der Waals surface area contributed by atoms with Crippen LogP contribution in [0.2, 0.25) is 0 Å². The number of nitrogens with zero attached hydrogens (tertiary/aromatic N) is 2. The summed E-state index contributed by atoms with van der Waals surface area (Å²) in [6.07, 6.45) is 2.61. The van der Waals surface area contributed by atoms with Crippen molar-refractivity contribution in [2.24, 2.45) is 0 Å². The summed E-state index contributed by atoms with van der Waals surface area (Å²) in [5.74, 6) is -0.127. The maximum atomic E-state index is 11.8. The molecule has 1 aliphatic heterocycles.